The van der Waals surface area contributed by atoms with Crippen LogP contribution >= 0.6 is 23.2 Å². The van der Waals surface area contributed by atoms with Gasteiger partial charge in [0.15, 0.2) is 0 Å². The first-order chi connectivity index (χ1) is 14.6. The number of nitrogens with zero attached hydrogens (tertiary/aromatic N) is 1. The van der Waals surface area contributed by atoms with Gasteiger partial charge >= 0.3 is 0 Å². The summed E-state index contributed by atoms with van der Waals surface area (Å²) >= 11 is 12.0. The van der Waals surface area contributed by atoms with Crippen molar-refractivity contribution in [2.75, 3.05) is 23.7 Å². The van der Waals surface area contributed by atoms with E-state index in [9.17, 15) is 13.2 Å². The largest absolute Gasteiger partial charge is 0.491 e. The van der Waals surface area contributed by atoms with Gasteiger partial charge in [-0.25, -0.2) is 8.42 Å². The Balaban J connectivity index is 2.09. The van der Waals surface area contributed by atoms with E-state index in [4.69, 9.17) is 27.9 Å². The van der Waals surface area contributed by atoms with Crippen molar-refractivity contribution in [3.8, 4) is 5.75 Å². The second-order valence-corrected chi connectivity index (χ2v) is 10.1. The standard InChI is InChI=1S/C22H28Cl2N2O4S/c1-5-20(26(31(4,28)29)16-10-11-18(23)19(24)14-16)22(27)25-12-13-30-21-9-7-6-8-17(21)15(2)3/h6-11,14-15,20H,5,12-13H2,1-4H3,(H,25,27)/t20-/m1/s1. The number of anilines is 1. The van der Waals surface area contributed by atoms with Gasteiger partial charge in [0, 0.05) is 0 Å². The quantitative estimate of drug-likeness (QED) is 0.486. The van der Waals surface area contributed by atoms with Gasteiger partial charge < -0.3 is 10.1 Å². The van der Waals surface area contributed by atoms with Gasteiger partial charge in [-0.3, -0.25) is 9.10 Å². The number of rotatable bonds is 10. The van der Waals surface area contributed by atoms with Crippen LogP contribution in [0.3, 0.4) is 0 Å². The van der Waals surface area contributed by atoms with Gasteiger partial charge in [-0.1, -0.05) is 62.2 Å². The summed E-state index contributed by atoms with van der Waals surface area (Å²) in [7, 11) is -3.75. The number of carbonyl (C=O) groups is 1. The number of sulfonamides is 1. The highest BCUT2D eigenvalue weighted by molar-refractivity contribution is 7.92. The number of nitrogens with one attached hydrogen (secondary N) is 1. The smallest absolute Gasteiger partial charge is 0.244 e. The summed E-state index contributed by atoms with van der Waals surface area (Å²) in [5, 5.41) is 3.28. The molecule has 170 valence electrons. The van der Waals surface area contributed by atoms with Crippen LogP contribution in [0, 0.1) is 0 Å². The van der Waals surface area contributed by atoms with Crippen LogP contribution in [0.1, 0.15) is 38.7 Å². The number of amides is 1. The molecule has 0 aliphatic rings. The van der Waals surface area contributed by atoms with Crippen LogP contribution in [-0.2, 0) is 14.8 Å². The van der Waals surface area contributed by atoms with Crippen LogP contribution in [0.4, 0.5) is 5.69 Å². The highest BCUT2D eigenvalue weighted by Gasteiger charge is 2.31. The second-order valence-electron chi connectivity index (χ2n) is 7.41. The van der Waals surface area contributed by atoms with Crippen LogP contribution in [-0.4, -0.2) is 39.8 Å². The van der Waals surface area contributed by atoms with E-state index >= 15 is 0 Å². The van der Waals surface area contributed by atoms with Gasteiger partial charge in [0.2, 0.25) is 15.9 Å². The molecule has 1 N–H and O–H groups in total. The van der Waals surface area contributed by atoms with Crippen molar-refractivity contribution >= 4 is 44.8 Å². The summed E-state index contributed by atoms with van der Waals surface area (Å²) < 4.78 is 31.9. The maximum absolute atomic E-state index is 12.8. The number of ether oxygens (including phenoxy) is 1. The van der Waals surface area contributed by atoms with Gasteiger partial charge in [0.1, 0.15) is 18.4 Å². The van der Waals surface area contributed by atoms with Gasteiger partial charge in [0.05, 0.1) is 28.5 Å². The summed E-state index contributed by atoms with van der Waals surface area (Å²) in [5.41, 5.74) is 1.36. The van der Waals surface area contributed by atoms with Crippen LogP contribution in [0.2, 0.25) is 10.0 Å². The third kappa shape index (κ3) is 6.76. The van der Waals surface area contributed by atoms with E-state index in [1.165, 1.54) is 18.2 Å². The molecule has 1 amide bonds. The first-order valence-electron chi connectivity index (χ1n) is 10.00. The fourth-order valence-corrected chi connectivity index (χ4v) is 4.72. The Hall–Kier alpha value is -1.96. The highest BCUT2D eigenvalue weighted by atomic mass is 35.5. The molecule has 0 unspecified atom stereocenters. The predicted octanol–water partition coefficient (Wildman–Crippen LogP) is 4.86. The maximum Gasteiger partial charge on any atom is 0.244 e. The SMILES string of the molecule is CC[C@H](C(=O)NCCOc1ccccc1C(C)C)N(c1ccc(Cl)c(Cl)c1)S(C)(=O)=O. The molecule has 1 atom stereocenters. The van der Waals surface area contributed by atoms with Crippen LogP contribution in [0.5, 0.6) is 5.75 Å². The Morgan fingerprint density at radius 1 is 1.13 bits per heavy atom. The van der Waals surface area contributed by atoms with Crippen molar-refractivity contribution in [2.45, 2.75) is 39.2 Å². The summed E-state index contributed by atoms with van der Waals surface area (Å²) in [6.45, 7) is 6.41. The fraction of sp³-hybridized carbons (Fsp3) is 0.409. The lowest BCUT2D eigenvalue weighted by atomic mass is 10.0. The average Bonchev–Trinajstić information content (AvgIpc) is 2.70. The van der Waals surface area contributed by atoms with Crippen molar-refractivity contribution in [3.05, 3.63) is 58.1 Å². The van der Waals surface area contributed by atoms with Crippen LogP contribution < -0.4 is 14.4 Å². The van der Waals surface area contributed by atoms with E-state index in [0.29, 0.717) is 10.9 Å². The number of carbonyl (C=O) groups excluding carboxylic acids is 1. The number of hydrogen-bond acceptors (Lipinski definition) is 4. The molecule has 0 saturated carbocycles. The minimum Gasteiger partial charge on any atom is -0.491 e. The second kappa shape index (κ2) is 11.1. The molecule has 0 spiro atoms. The Bertz CT molecular complexity index is 1010. The third-order valence-corrected chi connectivity index (χ3v) is 6.61. The maximum atomic E-state index is 12.8. The minimum atomic E-state index is -3.75. The van der Waals surface area contributed by atoms with Crippen molar-refractivity contribution in [2.24, 2.45) is 0 Å². The third-order valence-electron chi connectivity index (χ3n) is 4.69. The molecule has 0 radical (unpaired) electrons. The lowest BCUT2D eigenvalue weighted by molar-refractivity contribution is -0.122. The lowest BCUT2D eigenvalue weighted by Crippen LogP contribution is -2.50. The van der Waals surface area contributed by atoms with E-state index in [2.05, 4.69) is 19.2 Å². The number of hydrogen-bond donors (Lipinski definition) is 1. The molecular formula is C22H28Cl2N2O4S. The van der Waals surface area contributed by atoms with Crippen molar-refractivity contribution in [3.63, 3.8) is 0 Å². The van der Waals surface area contributed by atoms with Crippen molar-refractivity contribution in [1.82, 2.24) is 5.32 Å². The molecule has 0 fully saturated rings. The molecule has 0 aromatic heterocycles. The molecule has 2 aromatic carbocycles. The first-order valence-corrected chi connectivity index (χ1v) is 12.6. The van der Waals surface area contributed by atoms with Crippen molar-refractivity contribution < 1.29 is 17.9 Å². The zero-order chi connectivity index (χ0) is 23.2. The van der Waals surface area contributed by atoms with Gasteiger partial charge in [-0.15, -0.1) is 0 Å². The molecule has 0 aliphatic carbocycles. The van der Waals surface area contributed by atoms with E-state index in [0.717, 1.165) is 21.9 Å². The Labute approximate surface area is 194 Å². The van der Waals surface area contributed by atoms with Gasteiger partial charge in [-0.05, 0) is 42.2 Å². The first kappa shape index (κ1) is 25.3. The lowest BCUT2D eigenvalue weighted by Gasteiger charge is -2.30. The van der Waals surface area contributed by atoms with E-state index in [1.807, 2.05) is 24.3 Å². The average molecular weight is 487 g/mol. The van der Waals surface area contributed by atoms with E-state index in [1.54, 1.807) is 6.92 Å². The summed E-state index contributed by atoms with van der Waals surface area (Å²) in [6.07, 6.45) is 1.33. The molecule has 0 heterocycles. The number of halogens is 2. The zero-order valence-corrected chi connectivity index (χ0v) is 20.4. The van der Waals surface area contributed by atoms with E-state index in [-0.39, 0.29) is 30.3 Å². The summed E-state index contributed by atoms with van der Waals surface area (Å²) in [6, 6.07) is 11.3. The highest BCUT2D eigenvalue weighted by Crippen LogP contribution is 2.30. The summed E-state index contributed by atoms with van der Waals surface area (Å²) in [4.78, 5) is 12.8. The molecule has 2 aromatic rings. The molecule has 9 heteroatoms. The molecule has 0 bridgehead atoms. The van der Waals surface area contributed by atoms with Gasteiger partial charge in [-0.2, -0.15) is 0 Å². The number of benzene rings is 2. The molecule has 2 rings (SSSR count). The minimum absolute atomic E-state index is 0.209. The normalized spacial score (nSPS) is 12.5. The topological polar surface area (TPSA) is 75.7 Å². The molecule has 6 nitrogen and oxygen atoms in total. The van der Waals surface area contributed by atoms with Crippen LogP contribution in [0.25, 0.3) is 0 Å². The molecule has 0 saturated heterocycles. The van der Waals surface area contributed by atoms with E-state index < -0.39 is 22.0 Å². The molecule has 31 heavy (non-hydrogen) atoms. The van der Waals surface area contributed by atoms with Crippen molar-refractivity contribution in [1.29, 1.82) is 0 Å². The molecule has 0 aliphatic heterocycles. The predicted molar refractivity (Wildman–Crippen MR) is 127 cm³/mol. The Morgan fingerprint density at radius 2 is 1.81 bits per heavy atom. The zero-order valence-electron chi connectivity index (χ0n) is 18.1. The molecular weight excluding hydrogens is 459 g/mol. The fourth-order valence-electron chi connectivity index (χ4n) is 3.22. The van der Waals surface area contributed by atoms with Crippen LogP contribution in [0.15, 0.2) is 42.5 Å². The Morgan fingerprint density at radius 3 is 2.39 bits per heavy atom. The summed E-state index contributed by atoms with van der Waals surface area (Å²) in [5.74, 6) is 0.664. The van der Waals surface area contributed by atoms with Gasteiger partial charge in [0.25, 0.3) is 0 Å². The monoisotopic (exact) mass is 486 g/mol. The number of para-hydroxylation sites is 1. The Kier molecular flexibility index (Phi) is 9.03.